The van der Waals surface area contributed by atoms with Crippen LogP contribution < -0.4 is 0 Å². The first-order valence-electron chi connectivity index (χ1n) is 6.03. The van der Waals surface area contributed by atoms with Gasteiger partial charge in [0.25, 0.3) is 0 Å². The average Bonchev–Trinajstić information content (AvgIpc) is 2.25. The van der Waals surface area contributed by atoms with Crippen molar-refractivity contribution in [3.8, 4) is 0 Å². The van der Waals surface area contributed by atoms with E-state index in [1.54, 1.807) is 5.57 Å². The van der Waals surface area contributed by atoms with Crippen molar-refractivity contribution in [2.75, 3.05) is 0 Å². The zero-order chi connectivity index (χ0) is 11.1. The second-order valence-electron chi connectivity index (χ2n) is 2.36. The van der Waals surface area contributed by atoms with Crippen LogP contribution in [-0.4, -0.2) is 0 Å². The Kier molecular flexibility index (Phi) is 32.2. The molecule has 0 atom stereocenters. The van der Waals surface area contributed by atoms with E-state index in [4.69, 9.17) is 0 Å². The fourth-order valence-electron chi connectivity index (χ4n) is 0.887. The maximum absolute atomic E-state index is 2.38. The number of hydrogen-bond donors (Lipinski definition) is 0. The lowest BCUT2D eigenvalue weighted by Gasteiger charge is -1.97. The molecule has 0 rings (SSSR count). The third-order valence-electron chi connectivity index (χ3n) is 1.63. The standard InChI is InChI=1S/C9H18.2C2H6/c1-4-7-8-9(5-2)6-3;2*1-2/h8H,4-7H2,1-3H3;2*1-2H3. The molecule has 0 aliphatic rings. The van der Waals surface area contributed by atoms with Gasteiger partial charge in [-0.15, -0.1) is 0 Å². The first-order chi connectivity index (χ1) is 6.35. The van der Waals surface area contributed by atoms with Gasteiger partial charge in [-0.3, -0.25) is 0 Å². The normalized spacial score (nSPS) is 7.31. The highest BCUT2D eigenvalue weighted by molar-refractivity contribution is 4.99. The predicted molar refractivity (Wildman–Crippen MR) is 66.3 cm³/mol. The molecule has 0 fully saturated rings. The van der Waals surface area contributed by atoms with Crippen molar-refractivity contribution in [3.05, 3.63) is 11.6 Å². The molecule has 0 aliphatic carbocycles. The Morgan fingerprint density at radius 2 is 1.23 bits per heavy atom. The van der Waals surface area contributed by atoms with E-state index in [0.29, 0.717) is 0 Å². The number of hydrogen-bond acceptors (Lipinski definition) is 0. The Hall–Kier alpha value is -0.260. The molecule has 0 saturated carbocycles. The van der Waals surface area contributed by atoms with Gasteiger partial charge in [-0.25, -0.2) is 0 Å². The van der Waals surface area contributed by atoms with E-state index < -0.39 is 0 Å². The van der Waals surface area contributed by atoms with Gasteiger partial charge in [-0.2, -0.15) is 0 Å². The van der Waals surface area contributed by atoms with Crippen LogP contribution in [0.4, 0.5) is 0 Å². The molecule has 0 amide bonds. The number of allylic oxidation sites excluding steroid dienone is 2. The quantitative estimate of drug-likeness (QED) is 0.502. The topological polar surface area (TPSA) is 0 Å². The molecule has 0 heterocycles. The summed E-state index contributed by atoms with van der Waals surface area (Å²) in [6.45, 7) is 14.7. The van der Waals surface area contributed by atoms with Crippen LogP contribution in [0.25, 0.3) is 0 Å². The van der Waals surface area contributed by atoms with Gasteiger partial charge in [-0.1, -0.05) is 66.5 Å². The molecule has 0 aromatic heterocycles. The SMILES string of the molecule is CC.CC.CCCC=C(CC)CC. The van der Waals surface area contributed by atoms with E-state index in [9.17, 15) is 0 Å². The molecule has 0 aromatic carbocycles. The third-order valence-corrected chi connectivity index (χ3v) is 1.63. The van der Waals surface area contributed by atoms with Crippen LogP contribution in [0.1, 0.15) is 74.1 Å². The molecule has 13 heavy (non-hydrogen) atoms. The Morgan fingerprint density at radius 3 is 1.46 bits per heavy atom. The molecule has 82 valence electrons. The lowest BCUT2D eigenvalue weighted by molar-refractivity contribution is 0.902. The van der Waals surface area contributed by atoms with Crippen LogP contribution in [0.5, 0.6) is 0 Å². The lowest BCUT2D eigenvalue weighted by atomic mass is 10.1. The predicted octanol–water partition coefficient (Wildman–Crippen LogP) is 5.59. The molecule has 0 aromatic rings. The van der Waals surface area contributed by atoms with Crippen LogP contribution in [0.15, 0.2) is 11.6 Å². The van der Waals surface area contributed by atoms with E-state index in [1.165, 1.54) is 25.7 Å². The van der Waals surface area contributed by atoms with Crippen LogP contribution in [-0.2, 0) is 0 Å². The molecule has 0 radical (unpaired) electrons. The van der Waals surface area contributed by atoms with E-state index >= 15 is 0 Å². The fourth-order valence-corrected chi connectivity index (χ4v) is 0.887. The van der Waals surface area contributed by atoms with Crippen molar-refractivity contribution in [2.45, 2.75) is 74.1 Å². The fraction of sp³-hybridized carbons (Fsp3) is 0.846. The summed E-state index contributed by atoms with van der Waals surface area (Å²) < 4.78 is 0. The smallest absolute Gasteiger partial charge is 0.0349 e. The van der Waals surface area contributed by atoms with Crippen molar-refractivity contribution >= 4 is 0 Å². The maximum Gasteiger partial charge on any atom is -0.0349 e. The molecular formula is C13H30. The highest BCUT2D eigenvalue weighted by Gasteiger charge is 1.86. The van der Waals surface area contributed by atoms with Gasteiger partial charge in [0.1, 0.15) is 0 Å². The van der Waals surface area contributed by atoms with Crippen LogP contribution in [0.3, 0.4) is 0 Å². The van der Waals surface area contributed by atoms with Crippen molar-refractivity contribution in [3.63, 3.8) is 0 Å². The van der Waals surface area contributed by atoms with Gasteiger partial charge in [0.15, 0.2) is 0 Å². The van der Waals surface area contributed by atoms with Gasteiger partial charge >= 0.3 is 0 Å². The summed E-state index contributed by atoms with van der Waals surface area (Å²) >= 11 is 0. The van der Waals surface area contributed by atoms with Crippen LogP contribution >= 0.6 is 0 Å². The highest BCUT2D eigenvalue weighted by atomic mass is 13.9. The zero-order valence-corrected chi connectivity index (χ0v) is 10.9. The van der Waals surface area contributed by atoms with Gasteiger partial charge in [0.2, 0.25) is 0 Å². The molecule has 0 aliphatic heterocycles. The van der Waals surface area contributed by atoms with Gasteiger partial charge < -0.3 is 0 Å². The van der Waals surface area contributed by atoms with E-state index in [2.05, 4.69) is 26.8 Å². The first-order valence-corrected chi connectivity index (χ1v) is 6.03. The zero-order valence-electron chi connectivity index (χ0n) is 10.9. The molecule has 0 spiro atoms. The summed E-state index contributed by atoms with van der Waals surface area (Å²) in [6, 6.07) is 0. The third kappa shape index (κ3) is 18.6. The summed E-state index contributed by atoms with van der Waals surface area (Å²) in [6.07, 6.45) is 7.38. The molecule has 0 unspecified atom stereocenters. The van der Waals surface area contributed by atoms with E-state index in [1.807, 2.05) is 27.7 Å². The maximum atomic E-state index is 2.38. The molecule has 0 nitrogen and oxygen atoms in total. The number of rotatable bonds is 4. The Bertz CT molecular complexity index is 74.0. The van der Waals surface area contributed by atoms with E-state index in [0.717, 1.165) is 0 Å². The summed E-state index contributed by atoms with van der Waals surface area (Å²) in [7, 11) is 0. The monoisotopic (exact) mass is 186 g/mol. The second kappa shape index (κ2) is 22.6. The summed E-state index contributed by atoms with van der Waals surface area (Å²) in [5.74, 6) is 0. The van der Waals surface area contributed by atoms with Crippen molar-refractivity contribution in [1.29, 1.82) is 0 Å². The molecule has 0 bridgehead atoms. The van der Waals surface area contributed by atoms with Gasteiger partial charge in [0.05, 0.1) is 0 Å². The molecule has 0 saturated heterocycles. The summed E-state index contributed by atoms with van der Waals surface area (Å²) in [4.78, 5) is 0. The minimum atomic E-state index is 1.23. The van der Waals surface area contributed by atoms with Crippen LogP contribution in [0, 0.1) is 0 Å². The first kappa shape index (κ1) is 18.5. The van der Waals surface area contributed by atoms with Crippen molar-refractivity contribution < 1.29 is 0 Å². The average molecular weight is 186 g/mol. The summed E-state index contributed by atoms with van der Waals surface area (Å²) in [5, 5.41) is 0. The molecular weight excluding hydrogens is 156 g/mol. The largest absolute Gasteiger partial charge is 0.0854 e. The number of unbranched alkanes of at least 4 members (excludes halogenated alkanes) is 1. The van der Waals surface area contributed by atoms with Crippen molar-refractivity contribution in [2.24, 2.45) is 0 Å². The summed E-state index contributed by atoms with van der Waals surface area (Å²) in [5.41, 5.74) is 1.61. The minimum Gasteiger partial charge on any atom is -0.0854 e. The van der Waals surface area contributed by atoms with Crippen LogP contribution in [0.2, 0.25) is 0 Å². The van der Waals surface area contributed by atoms with E-state index in [-0.39, 0.29) is 0 Å². The highest BCUT2D eigenvalue weighted by Crippen LogP contribution is 2.06. The van der Waals surface area contributed by atoms with Gasteiger partial charge in [-0.05, 0) is 19.3 Å². The molecule has 0 heteroatoms. The second-order valence-corrected chi connectivity index (χ2v) is 2.36. The Labute approximate surface area is 86.4 Å². The Morgan fingerprint density at radius 1 is 0.846 bits per heavy atom. The Balaban J connectivity index is -0.000000218. The minimum absolute atomic E-state index is 1.23. The van der Waals surface area contributed by atoms with Gasteiger partial charge in [0, 0.05) is 0 Å². The van der Waals surface area contributed by atoms with Crippen molar-refractivity contribution in [1.82, 2.24) is 0 Å². The lowest BCUT2D eigenvalue weighted by Crippen LogP contribution is -1.76. The molecule has 0 N–H and O–H groups in total.